The van der Waals surface area contributed by atoms with Gasteiger partial charge in [0.1, 0.15) is 17.1 Å². The van der Waals surface area contributed by atoms with Crippen molar-refractivity contribution < 1.29 is 17.9 Å². The van der Waals surface area contributed by atoms with E-state index < -0.39 is 11.9 Å². The lowest BCUT2D eigenvalue weighted by Gasteiger charge is -2.27. The molecule has 0 radical (unpaired) electrons. The predicted molar refractivity (Wildman–Crippen MR) is 106 cm³/mol. The zero-order valence-electron chi connectivity index (χ0n) is 15.9. The minimum atomic E-state index is -4.62. The summed E-state index contributed by atoms with van der Waals surface area (Å²) in [7, 11) is 1.46. The molecule has 1 aromatic carbocycles. The highest BCUT2D eigenvalue weighted by Gasteiger charge is 2.40. The molecular weight excluding hydrogens is 383 g/mol. The van der Waals surface area contributed by atoms with Crippen molar-refractivity contribution in [2.75, 3.05) is 12.0 Å². The van der Waals surface area contributed by atoms with Crippen LogP contribution in [0.25, 0.3) is 11.3 Å². The molecular formula is C20H20F3N5O. The van der Waals surface area contributed by atoms with Crippen LogP contribution in [0.5, 0.6) is 5.75 Å². The highest BCUT2D eigenvalue weighted by atomic mass is 19.4. The zero-order chi connectivity index (χ0) is 19.9. The Hall–Kier alpha value is -3.46. The molecule has 0 unspecified atom stereocenters. The van der Waals surface area contributed by atoms with E-state index in [1.54, 1.807) is 23.4 Å². The van der Waals surface area contributed by atoms with E-state index in [0.717, 1.165) is 11.3 Å². The third-order valence-corrected chi connectivity index (χ3v) is 4.45. The van der Waals surface area contributed by atoms with Crippen molar-refractivity contribution in [1.82, 2.24) is 20.9 Å². The number of pyridine rings is 1. The van der Waals surface area contributed by atoms with E-state index in [-0.39, 0.29) is 17.5 Å². The van der Waals surface area contributed by atoms with Gasteiger partial charge in [-0.25, -0.2) is 4.98 Å². The highest BCUT2D eigenvalue weighted by Crippen LogP contribution is 2.38. The van der Waals surface area contributed by atoms with Crippen molar-refractivity contribution in [3.05, 3.63) is 78.1 Å². The van der Waals surface area contributed by atoms with Crippen LogP contribution in [0.15, 0.2) is 61.2 Å². The summed E-state index contributed by atoms with van der Waals surface area (Å²) < 4.78 is 48.0. The number of ether oxygens (including phenoxy) is 1. The van der Waals surface area contributed by atoms with Crippen molar-refractivity contribution in [1.29, 1.82) is 0 Å². The third kappa shape index (κ3) is 3.64. The largest absolute Gasteiger partial charge is 0.495 e. The van der Waals surface area contributed by atoms with Crippen LogP contribution in [0.3, 0.4) is 0 Å². The molecule has 29 heavy (non-hydrogen) atoms. The van der Waals surface area contributed by atoms with E-state index in [0.29, 0.717) is 11.4 Å². The molecule has 3 heterocycles. The first-order valence-electron chi connectivity index (χ1n) is 8.51. The smallest absolute Gasteiger partial charge is 0.435 e. The molecule has 0 amide bonds. The summed E-state index contributed by atoms with van der Waals surface area (Å²) in [6, 6.07) is 10.6. The van der Waals surface area contributed by atoms with Crippen LogP contribution >= 0.6 is 0 Å². The number of aromatic nitrogens is 2. The van der Waals surface area contributed by atoms with Crippen molar-refractivity contribution in [3.63, 3.8) is 0 Å². The maximum Gasteiger partial charge on any atom is 0.435 e. The normalized spacial score (nSPS) is 13.7. The molecule has 2 aromatic heterocycles. The molecule has 1 aliphatic rings. The molecule has 152 valence electrons. The number of rotatable bonds is 3. The van der Waals surface area contributed by atoms with Crippen LogP contribution in [0, 0.1) is 6.92 Å². The van der Waals surface area contributed by atoms with Gasteiger partial charge in [-0.2, -0.15) is 13.2 Å². The number of methoxy groups -OCH3 is 1. The molecule has 0 saturated heterocycles. The van der Waals surface area contributed by atoms with Gasteiger partial charge in [0.05, 0.1) is 19.0 Å². The second-order valence-corrected chi connectivity index (χ2v) is 6.32. The molecule has 4 N–H and O–H groups in total. The number of alkyl halides is 3. The predicted octanol–water partition coefficient (Wildman–Crippen LogP) is 4.71. The Morgan fingerprint density at radius 3 is 2.45 bits per heavy atom. The summed E-state index contributed by atoms with van der Waals surface area (Å²) in [5.74, 6) is 0.432. The van der Waals surface area contributed by atoms with Crippen molar-refractivity contribution in [3.8, 4) is 5.75 Å². The standard InChI is InChI=1S/C20H17F3N4O.H3N/c1-13-3-5-14(6-4-13)26-10-9-24-11-16(26)18-19(20(21,22)23)25-17-8-7-15(28-2)12-27(17)18;/h3-12,24H,1-2H3;1H3. The average molecular weight is 403 g/mol. The van der Waals surface area contributed by atoms with Crippen LogP contribution in [-0.4, -0.2) is 16.5 Å². The number of fused-ring (bicyclic) bond motifs is 1. The molecule has 0 bridgehead atoms. The molecule has 0 atom stereocenters. The second-order valence-electron chi connectivity index (χ2n) is 6.32. The number of nitrogens with zero attached hydrogens (tertiary/aromatic N) is 3. The van der Waals surface area contributed by atoms with Gasteiger partial charge in [0, 0.05) is 24.3 Å². The summed E-state index contributed by atoms with van der Waals surface area (Å²) in [5.41, 5.74) is 1.27. The number of anilines is 1. The molecule has 3 aromatic rings. The molecule has 0 saturated carbocycles. The third-order valence-electron chi connectivity index (χ3n) is 4.45. The minimum Gasteiger partial charge on any atom is -0.495 e. The van der Waals surface area contributed by atoms with E-state index in [1.807, 2.05) is 31.2 Å². The lowest BCUT2D eigenvalue weighted by molar-refractivity contribution is -0.141. The number of hydrogen-bond donors (Lipinski definition) is 2. The second kappa shape index (κ2) is 7.51. The Balaban J connectivity index is 0.00000240. The van der Waals surface area contributed by atoms with E-state index in [4.69, 9.17) is 4.74 Å². The Kier molecular flexibility index (Phi) is 5.25. The number of benzene rings is 1. The first-order valence-corrected chi connectivity index (χ1v) is 8.51. The van der Waals surface area contributed by atoms with Crippen molar-refractivity contribution in [2.45, 2.75) is 13.1 Å². The number of imidazole rings is 1. The van der Waals surface area contributed by atoms with E-state index in [9.17, 15) is 13.2 Å². The Morgan fingerprint density at radius 1 is 1.07 bits per heavy atom. The first kappa shape index (κ1) is 20.3. The SMILES string of the molecule is COc1ccc2nc(C(F)(F)F)c(C3=CNC=CN3c3ccc(C)cc3)n2c1.N. The maximum atomic E-state index is 13.8. The fourth-order valence-corrected chi connectivity index (χ4v) is 3.10. The fraction of sp³-hybridized carbons (Fsp3) is 0.150. The van der Waals surface area contributed by atoms with Crippen LogP contribution in [0.2, 0.25) is 0 Å². The van der Waals surface area contributed by atoms with Gasteiger partial charge in [0.25, 0.3) is 0 Å². The number of aryl methyl sites for hydroxylation is 1. The topological polar surface area (TPSA) is 76.8 Å². The van der Waals surface area contributed by atoms with Gasteiger partial charge in [0.2, 0.25) is 0 Å². The monoisotopic (exact) mass is 403 g/mol. The Morgan fingerprint density at radius 2 is 1.79 bits per heavy atom. The first-order chi connectivity index (χ1) is 13.4. The van der Waals surface area contributed by atoms with Gasteiger partial charge in [-0.05, 0) is 31.2 Å². The number of hydrogen-bond acceptors (Lipinski definition) is 5. The number of halogens is 3. The highest BCUT2D eigenvalue weighted by molar-refractivity contribution is 5.83. The molecule has 6 nitrogen and oxygen atoms in total. The quantitative estimate of drug-likeness (QED) is 0.662. The lowest BCUT2D eigenvalue weighted by Crippen LogP contribution is -2.24. The maximum absolute atomic E-state index is 13.8. The lowest BCUT2D eigenvalue weighted by atomic mass is 10.1. The van der Waals surface area contributed by atoms with Crippen LogP contribution in [0.4, 0.5) is 18.9 Å². The molecule has 0 spiro atoms. The van der Waals surface area contributed by atoms with E-state index in [1.165, 1.54) is 30.0 Å². The molecule has 0 fully saturated rings. The van der Waals surface area contributed by atoms with E-state index in [2.05, 4.69) is 10.3 Å². The molecule has 9 heteroatoms. The molecule has 1 aliphatic heterocycles. The van der Waals surface area contributed by atoms with Gasteiger partial charge in [-0.3, -0.25) is 4.40 Å². The van der Waals surface area contributed by atoms with E-state index >= 15 is 0 Å². The van der Waals surface area contributed by atoms with Crippen LogP contribution in [-0.2, 0) is 6.18 Å². The molecule has 0 aliphatic carbocycles. The summed E-state index contributed by atoms with van der Waals surface area (Å²) in [4.78, 5) is 5.53. The van der Waals surface area contributed by atoms with Crippen LogP contribution in [0.1, 0.15) is 17.0 Å². The fourth-order valence-electron chi connectivity index (χ4n) is 3.10. The van der Waals surface area contributed by atoms with Gasteiger partial charge in [0.15, 0.2) is 5.69 Å². The Bertz CT molecular complexity index is 1080. The summed E-state index contributed by atoms with van der Waals surface area (Å²) in [6.45, 7) is 1.95. The van der Waals surface area contributed by atoms with Gasteiger partial charge in [-0.15, -0.1) is 0 Å². The zero-order valence-corrected chi connectivity index (χ0v) is 15.9. The number of nitrogens with one attached hydrogen (secondary N) is 1. The summed E-state index contributed by atoms with van der Waals surface area (Å²) >= 11 is 0. The van der Waals surface area contributed by atoms with Gasteiger partial charge < -0.3 is 21.1 Å². The Labute approximate surface area is 165 Å². The summed E-state index contributed by atoms with van der Waals surface area (Å²) in [6.07, 6.45) is 1.74. The summed E-state index contributed by atoms with van der Waals surface area (Å²) in [5, 5.41) is 2.88. The van der Waals surface area contributed by atoms with Gasteiger partial charge in [-0.1, -0.05) is 17.7 Å². The van der Waals surface area contributed by atoms with Crippen molar-refractivity contribution >= 4 is 17.0 Å². The minimum absolute atomic E-state index is 0. The van der Waals surface area contributed by atoms with Gasteiger partial charge >= 0.3 is 6.18 Å². The van der Waals surface area contributed by atoms with Crippen molar-refractivity contribution in [2.24, 2.45) is 0 Å². The molecule has 4 rings (SSSR count). The average Bonchev–Trinajstić information content (AvgIpc) is 3.07. The van der Waals surface area contributed by atoms with Crippen LogP contribution < -0.4 is 21.1 Å².